The molecular formula is C11H14O4. The molecule has 4 nitrogen and oxygen atoms in total. The Bertz CT molecular complexity index is 340. The van der Waals surface area contributed by atoms with Crippen molar-refractivity contribution >= 4 is 0 Å². The number of hydrogen-bond donors (Lipinski definition) is 0. The third-order valence-electron chi connectivity index (χ3n) is 5.14. The summed E-state index contributed by atoms with van der Waals surface area (Å²) in [7, 11) is 0. The van der Waals surface area contributed by atoms with Gasteiger partial charge in [-0.3, -0.25) is 0 Å². The van der Waals surface area contributed by atoms with Crippen molar-refractivity contribution in [3.8, 4) is 0 Å². The van der Waals surface area contributed by atoms with Gasteiger partial charge in [-0.15, -0.1) is 0 Å². The Kier molecular flexibility index (Phi) is 1.00. The molecule has 0 N–H and O–H groups in total. The molecule has 0 radical (unpaired) electrons. The third-order valence-corrected chi connectivity index (χ3v) is 5.14. The van der Waals surface area contributed by atoms with Crippen molar-refractivity contribution in [2.24, 2.45) is 23.7 Å². The molecule has 15 heavy (non-hydrogen) atoms. The fraction of sp³-hybridized carbons (Fsp3) is 1.00. The zero-order chi connectivity index (χ0) is 10.00. The van der Waals surface area contributed by atoms with Crippen molar-refractivity contribution in [3.05, 3.63) is 0 Å². The van der Waals surface area contributed by atoms with Crippen LogP contribution in [-0.2, 0) is 18.9 Å². The van der Waals surface area contributed by atoms with Crippen molar-refractivity contribution < 1.29 is 18.9 Å². The first kappa shape index (κ1) is 8.01. The van der Waals surface area contributed by atoms with E-state index >= 15 is 0 Å². The molecule has 1 aliphatic carbocycles. The van der Waals surface area contributed by atoms with E-state index < -0.39 is 11.6 Å². The molecule has 5 aliphatic rings. The van der Waals surface area contributed by atoms with Crippen LogP contribution in [0.5, 0.6) is 0 Å². The zero-order valence-electron chi connectivity index (χ0n) is 8.80. The molecule has 4 heterocycles. The van der Waals surface area contributed by atoms with Crippen molar-refractivity contribution in [2.75, 3.05) is 0 Å². The summed E-state index contributed by atoms with van der Waals surface area (Å²) in [5.41, 5.74) is 0. The molecule has 2 bridgehead atoms. The summed E-state index contributed by atoms with van der Waals surface area (Å²) in [5, 5.41) is 0. The molecule has 8 atom stereocenters. The first-order valence-electron chi connectivity index (χ1n) is 5.82. The van der Waals surface area contributed by atoms with Gasteiger partial charge in [-0.25, -0.2) is 0 Å². The van der Waals surface area contributed by atoms with E-state index in [0.717, 1.165) is 0 Å². The molecule has 5 rings (SSSR count). The van der Waals surface area contributed by atoms with Crippen LogP contribution < -0.4 is 0 Å². The van der Waals surface area contributed by atoms with E-state index in [4.69, 9.17) is 18.9 Å². The van der Waals surface area contributed by atoms with Crippen LogP contribution in [-0.4, -0.2) is 24.2 Å². The predicted octanol–water partition coefficient (Wildman–Crippen LogP) is 1.06. The smallest absolute Gasteiger partial charge is 0.175 e. The Hall–Kier alpha value is -0.160. The first-order chi connectivity index (χ1) is 7.11. The standard InChI is InChI=1S/C11H14O4/c1-10-6-4-3-5-7(6)11(2,15-10)14-9(5)12-8(4)13-10/h4-9H,3H2,1-2H3/t4-,5+,6-,7+,8+,9-,10+,11-. The van der Waals surface area contributed by atoms with E-state index in [1.54, 1.807) is 0 Å². The summed E-state index contributed by atoms with van der Waals surface area (Å²) in [4.78, 5) is 0. The lowest BCUT2D eigenvalue weighted by Crippen LogP contribution is -2.43. The van der Waals surface area contributed by atoms with Crippen molar-refractivity contribution in [3.63, 3.8) is 0 Å². The topological polar surface area (TPSA) is 36.9 Å². The van der Waals surface area contributed by atoms with Gasteiger partial charge >= 0.3 is 0 Å². The van der Waals surface area contributed by atoms with E-state index in [9.17, 15) is 0 Å². The van der Waals surface area contributed by atoms with E-state index in [-0.39, 0.29) is 12.6 Å². The molecule has 82 valence electrons. The van der Waals surface area contributed by atoms with Crippen LogP contribution in [0.15, 0.2) is 0 Å². The van der Waals surface area contributed by atoms with Gasteiger partial charge in [0.2, 0.25) is 0 Å². The average Bonchev–Trinajstić information content (AvgIpc) is 2.70. The lowest BCUT2D eigenvalue weighted by Gasteiger charge is -2.36. The fourth-order valence-corrected chi connectivity index (χ4v) is 4.90. The second-order valence-electron chi connectivity index (χ2n) is 5.86. The summed E-state index contributed by atoms with van der Waals surface area (Å²) < 4.78 is 23.8. The highest BCUT2D eigenvalue weighted by molar-refractivity contribution is 5.16. The van der Waals surface area contributed by atoms with Crippen LogP contribution in [0.1, 0.15) is 20.3 Å². The summed E-state index contributed by atoms with van der Waals surface area (Å²) in [6.45, 7) is 4.09. The molecule has 4 heteroatoms. The highest BCUT2D eigenvalue weighted by atomic mass is 16.9. The minimum absolute atomic E-state index is 0.0869. The van der Waals surface area contributed by atoms with Crippen molar-refractivity contribution in [1.29, 1.82) is 0 Å². The number of rotatable bonds is 0. The predicted molar refractivity (Wildman–Crippen MR) is 47.3 cm³/mol. The maximum absolute atomic E-state index is 6.06. The fourth-order valence-electron chi connectivity index (χ4n) is 4.90. The van der Waals surface area contributed by atoms with E-state index in [1.807, 2.05) is 13.8 Å². The highest BCUT2D eigenvalue weighted by Crippen LogP contribution is 2.71. The molecule has 1 saturated carbocycles. The largest absolute Gasteiger partial charge is 0.323 e. The summed E-state index contributed by atoms with van der Waals surface area (Å²) >= 11 is 0. The van der Waals surface area contributed by atoms with Gasteiger partial charge in [-0.2, -0.15) is 0 Å². The molecular weight excluding hydrogens is 196 g/mol. The minimum Gasteiger partial charge on any atom is -0.323 e. The second-order valence-corrected chi connectivity index (χ2v) is 5.86. The lowest BCUT2D eigenvalue weighted by molar-refractivity contribution is -0.403. The average molecular weight is 210 g/mol. The Balaban J connectivity index is 1.80. The molecule has 5 fully saturated rings. The van der Waals surface area contributed by atoms with Crippen molar-refractivity contribution in [2.45, 2.75) is 44.4 Å². The third kappa shape index (κ3) is 0.622. The SMILES string of the molecule is C[C@]12O[C@@H]3O[C@@H]4O[C@](C)(O1)[C@H]1[C@@H]4C[C@@H]3[C@H]12. The van der Waals surface area contributed by atoms with Gasteiger partial charge in [-0.1, -0.05) is 0 Å². The Labute approximate surface area is 87.8 Å². The van der Waals surface area contributed by atoms with E-state index in [2.05, 4.69) is 0 Å². The quantitative estimate of drug-likeness (QED) is 0.599. The van der Waals surface area contributed by atoms with Gasteiger partial charge < -0.3 is 18.9 Å². The summed E-state index contributed by atoms with van der Waals surface area (Å²) in [6, 6.07) is 0. The van der Waals surface area contributed by atoms with Gasteiger partial charge in [0.15, 0.2) is 24.2 Å². The molecule has 0 aromatic carbocycles. The molecule has 0 amide bonds. The van der Waals surface area contributed by atoms with Gasteiger partial charge in [0.05, 0.1) is 0 Å². The number of ether oxygens (including phenoxy) is 4. The molecule has 0 spiro atoms. The van der Waals surface area contributed by atoms with Crippen molar-refractivity contribution in [1.82, 2.24) is 0 Å². The monoisotopic (exact) mass is 210 g/mol. The Morgan fingerprint density at radius 2 is 1.47 bits per heavy atom. The Morgan fingerprint density at radius 3 is 2.00 bits per heavy atom. The van der Waals surface area contributed by atoms with Crippen LogP contribution >= 0.6 is 0 Å². The molecule has 4 saturated heterocycles. The minimum atomic E-state index is -0.463. The Morgan fingerprint density at radius 1 is 0.933 bits per heavy atom. The first-order valence-corrected chi connectivity index (χ1v) is 5.82. The van der Waals surface area contributed by atoms with E-state index in [1.165, 1.54) is 6.42 Å². The van der Waals surface area contributed by atoms with Crippen LogP contribution in [0, 0.1) is 23.7 Å². The maximum Gasteiger partial charge on any atom is 0.175 e. The summed E-state index contributed by atoms with van der Waals surface area (Å²) in [5.74, 6) is 1.10. The maximum atomic E-state index is 6.06. The lowest BCUT2D eigenvalue weighted by atomic mass is 9.83. The molecule has 0 aromatic heterocycles. The van der Waals surface area contributed by atoms with Crippen LogP contribution in [0.4, 0.5) is 0 Å². The highest BCUT2D eigenvalue weighted by Gasteiger charge is 2.80. The van der Waals surface area contributed by atoms with Crippen LogP contribution in [0.3, 0.4) is 0 Å². The van der Waals surface area contributed by atoms with Crippen LogP contribution in [0.2, 0.25) is 0 Å². The van der Waals surface area contributed by atoms with Gasteiger partial charge in [0.25, 0.3) is 0 Å². The van der Waals surface area contributed by atoms with Gasteiger partial charge in [-0.05, 0) is 20.3 Å². The molecule has 0 unspecified atom stereocenters. The number of hydrogen-bond acceptors (Lipinski definition) is 4. The molecule has 4 aliphatic heterocycles. The second kappa shape index (κ2) is 1.88. The van der Waals surface area contributed by atoms with E-state index in [0.29, 0.717) is 23.7 Å². The summed E-state index contributed by atoms with van der Waals surface area (Å²) in [6.07, 6.45) is 1.02. The van der Waals surface area contributed by atoms with Crippen LogP contribution in [0.25, 0.3) is 0 Å². The zero-order valence-corrected chi connectivity index (χ0v) is 8.80. The van der Waals surface area contributed by atoms with Gasteiger partial charge in [0.1, 0.15) is 0 Å². The van der Waals surface area contributed by atoms with Gasteiger partial charge in [0, 0.05) is 23.7 Å². The normalized spacial score (nSPS) is 77.2. The molecule has 0 aromatic rings.